The van der Waals surface area contributed by atoms with Crippen molar-refractivity contribution < 1.29 is 19.1 Å². The number of ether oxygens (including phenoxy) is 2. The molecular formula is C17H18O4. The molecule has 0 amide bonds. The quantitative estimate of drug-likeness (QED) is 0.765. The molecule has 4 nitrogen and oxygen atoms in total. The van der Waals surface area contributed by atoms with Crippen molar-refractivity contribution in [1.29, 1.82) is 0 Å². The van der Waals surface area contributed by atoms with Gasteiger partial charge in [0.1, 0.15) is 6.61 Å². The average Bonchev–Trinajstić information content (AvgIpc) is 2.51. The van der Waals surface area contributed by atoms with Gasteiger partial charge in [0.05, 0.1) is 19.4 Å². The molecule has 0 spiro atoms. The minimum Gasteiger partial charge on any atom is -0.466 e. The summed E-state index contributed by atoms with van der Waals surface area (Å²) in [5, 5.41) is 2.26. The number of hydrogen-bond acceptors (Lipinski definition) is 4. The molecule has 0 saturated heterocycles. The highest BCUT2D eigenvalue weighted by Gasteiger charge is 2.08. The largest absolute Gasteiger partial charge is 0.466 e. The van der Waals surface area contributed by atoms with E-state index in [1.165, 1.54) is 0 Å². The molecule has 0 radical (unpaired) electrons. The second kappa shape index (κ2) is 7.43. The summed E-state index contributed by atoms with van der Waals surface area (Å²) in [5.41, 5.74) is 0.929. The SMILES string of the molecule is CCOC(=O)CCC(=O)OCc1ccc2ccccc2c1. The molecule has 0 fully saturated rings. The molecule has 2 aromatic carbocycles. The van der Waals surface area contributed by atoms with Gasteiger partial charge in [0.25, 0.3) is 0 Å². The second-order valence-corrected chi connectivity index (χ2v) is 4.65. The van der Waals surface area contributed by atoms with Gasteiger partial charge in [0.2, 0.25) is 0 Å². The third-order valence-corrected chi connectivity index (χ3v) is 3.05. The highest BCUT2D eigenvalue weighted by molar-refractivity contribution is 5.83. The van der Waals surface area contributed by atoms with Gasteiger partial charge in [-0.3, -0.25) is 9.59 Å². The summed E-state index contributed by atoms with van der Waals surface area (Å²) in [6, 6.07) is 13.9. The maximum Gasteiger partial charge on any atom is 0.306 e. The van der Waals surface area contributed by atoms with Crippen LogP contribution in [0.3, 0.4) is 0 Å². The average molecular weight is 286 g/mol. The molecule has 2 rings (SSSR count). The van der Waals surface area contributed by atoms with Gasteiger partial charge >= 0.3 is 11.9 Å². The maximum absolute atomic E-state index is 11.6. The molecule has 0 bridgehead atoms. The van der Waals surface area contributed by atoms with Crippen molar-refractivity contribution in [3.8, 4) is 0 Å². The lowest BCUT2D eigenvalue weighted by atomic mass is 10.1. The Bertz CT molecular complexity index is 633. The molecule has 0 atom stereocenters. The van der Waals surface area contributed by atoms with Crippen molar-refractivity contribution in [2.24, 2.45) is 0 Å². The summed E-state index contributed by atoms with van der Waals surface area (Å²) in [6.07, 6.45) is 0.108. The molecule has 0 N–H and O–H groups in total. The maximum atomic E-state index is 11.6. The Morgan fingerprint density at radius 1 is 0.905 bits per heavy atom. The fourth-order valence-electron chi connectivity index (χ4n) is 2.00. The third kappa shape index (κ3) is 4.60. The monoisotopic (exact) mass is 286 g/mol. The summed E-state index contributed by atoms with van der Waals surface area (Å²) in [7, 11) is 0. The molecule has 2 aromatic rings. The Balaban J connectivity index is 1.83. The first kappa shape index (κ1) is 15.0. The normalized spacial score (nSPS) is 10.3. The first-order chi connectivity index (χ1) is 10.2. The predicted octanol–water partition coefficient (Wildman–Crippen LogP) is 3.23. The fraction of sp³-hybridized carbons (Fsp3) is 0.294. The molecule has 4 heteroatoms. The topological polar surface area (TPSA) is 52.6 Å². The fourth-order valence-corrected chi connectivity index (χ4v) is 2.00. The van der Waals surface area contributed by atoms with Crippen molar-refractivity contribution >= 4 is 22.7 Å². The van der Waals surface area contributed by atoms with E-state index < -0.39 is 5.97 Å². The Morgan fingerprint density at radius 2 is 1.57 bits per heavy atom. The standard InChI is InChI=1S/C17H18O4/c1-2-20-16(18)9-10-17(19)21-12-13-7-8-14-5-3-4-6-15(14)11-13/h3-8,11H,2,9-10,12H2,1H3. The van der Waals surface area contributed by atoms with Gasteiger partial charge in [0, 0.05) is 0 Å². The molecular weight excluding hydrogens is 268 g/mol. The zero-order valence-electron chi connectivity index (χ0n) is 12.0. The van der Waals surface area contributed by atoms with Gasteiger partial charge < -0.3 is 9.47 Å². The van der Waals surface area contributed by atoms with Gasteiger partial charge in [-0.15, -0.1) is 0 Å². The van der Waals surface area contributed by atoms with Gasteiger partial charge in [-0.2, -0.15) is 0 Å². The Kier molecular flexibility index (Phi) is 5.32. The van der Waals surface area contributed by atoms with E-state index in [-0.39, 0.29) is 25.4 Å². The molecule has 0 aliphatic heterocycles. The van der Waals surface area contributed by atoms with Crippen LogP contribution < -0.4 is 0 Å². The summed E-state index contributed by atoms with van der Waals surface area (Å²) < 4.78 is 9.92. The van der Waals surface area contributed by atoms with Crippen LogP contribution in [0.5, 0.6) is 0 Å². The van der Waals surface area contributed by atoms with E-state index in [9.17, 15) is 9.59 Å². The van der Waals surface area contributed by atoms with E-state index in [0.717, 1.165) is 16.3 Å². The molecule has 0 aliphatic rings. The molecule has 0 saturated carbocycles. The molecule has 0 unspecified atom stereocenters. The number of carbonyl (C=O) groups excluding carboxylic acids is 2. The number of hydrogen-bond donors (Lipinski definition) is 0. The van der Waals surface area contributed by atoms with Crippen LogP contribution >= 0.6 is 0 Å². The van der Waals surface area contributed by atoms with Crippen LogP contribution in [0.25, 0.3) is 10.8 Å². The first-order valence-corrected chi connectivity index (χ1v) is 6.98. The van der Waals surface area contributed by atoms with Crippen LogP contribution in [0.15, 0.2) is 42.5 Å². The molecule has 110 valence electrons. The van der Waals surface area contributed by atoms with Gasteiger partial charge in [0.15, 0.2) is 0 Å². The first-order valence-electron chi connectivity index (χ1n) is 6.98. The van der Waals surface area contributed by atoms with Crippen LogP contribution in [-0.4, -0.2) is 18.5 Å². The van der Waals surface area contributed by atoms with Crippen molar-refractivity contribution in [3.05, 3.63) is 48.0 Å². The number of rotatable bonds is 6. The number of carbonyl (C=O) groups is 2. The number of benzene rings is 2. The summed E-state index contributed by atoms with van der Waals surface area (Å²) in [6.45, 7) is 2.27. The van der Waals surface area contributed by atoms with Crippen LogP contribution in [0.1, 0.15) is 25.3 Å². The van der Waals surface area contributed by atoms with E-state index in [1.807, 2.05) is 42.5 Å². The smallest absolute Gasteiger partial charge is 0.306 e. The lowest BCUT2D eigenvalue weighted by molar-refractivity contribution is -0.150. The van der Waals surface area contributed by atoms with E-state index in [4.69, 9.17) is 9.47 Å². The van der Waals surface area contributed by atoms with Crippen LogP contribution in [0.4, 0.5) is 0 Å². The Hall–Kier alpha value is -2.36. The minimum absolute atomic E-state index is 0.0480. The minimum atomic E-state index is -0.392. The molecule has 21 heavy (non-hydrogen) atoms. The van der Waals surface area contributed by atoms with E-state index in [0.29, 0.717) is 6.61 Å². The van der Waals surface area contributed by atoms with Crippen LogP contribution in [0, 0.1) is 0 Å². The summed E-state index contributed by atoms with van der Waals surface area (Å²) in [5.74, 6) is -0.767. The number of fused-ring (bicyclic) bond motifs is 1. The van der Waals surface area contributed by atoms with Crippen LogP contribution in [-0.2, 0) is 25.7 Å². The van der Waals surface area contributed by atoms with Crippen molar-refractivity contribution in [1.82, 2.24) is 0 Å². The predicted molar refractivity (Wildman–Crippen MR) is 79.6 cm³/mol. The zero-order valence-corrected chi connectivity index (χ0v) is 12.0. The summed E-state index contributed by atoms with van der Waals surface area (Å²) in [4.78, 5) is 22.7. The van der Waals surface area contributed by atoms with E-state index in [1.54, 1.807) is 6.92 Å². The molecule has 0 heterocycles. The van der Waals surface area contributed by atoms with Gasteiger partial charge in [-0.1, -0.05) is 36.4 Å². The Labute approximate surface area is 123 Å². The van der Waals surface area contributed by atoms with Gasteiger partial charge in [-0.25, -0.2) is 0 Å². The highest BCUT2D eigenvalue weighted by atomic mass is 16.5. The number of esters is 2. The second-order valence-electron chi connectivity index (χ2n) is 4.65. The lowest BCUT2D eigenvalue weighted by Crippen LogP contribution is -2.10. The zero-order chi connectivity index (χ0) is 15.1. The summed E-state index contributed by atoms with van der Waals surface area (Å²) >= 11 is 0. The van der Waals surface area contributed by atoms with Crippen molar-refractivity contribution in [3.63, 3.8) is 0 Å². The molecule has 0 aliphatic carbocycles. The highest BCUT2D eigenvalue weighted by Crippen LogP contribution is 2.16. The van der Waals surface area contributed by atoms with Crippen molar-refractivity contribution in [2.45, 2.75) is 26.4 Å². The van der Waals surface area contributed by atoms with E-state index in [2.05, 4.69) is 0 Å². The van der Waals surface area contributed by atoms with E-state index >= 15 is 0 Å². The van der Waals surface area contributed by atoms with Gasteiger partial charge in [-0.05, 0) is 29.3 Å². The van der Waals surface area contributed by atoms with Crippen LogP contribution in [0.2, 0.25) is 0 Å². The molecule has 0 aromatic heterocycles. The van der Waals surface area contributed by atoms with Crippen molar-refractivity contribution in [2.75, 3.05) is 6.61 Å². The third-order valence-electron chi connectivity index (χ3n) is 3.05. The lowest BCUT2D eigenvalue weighted by Gasteiger charge is -2.06. The Morgan fingerprint density at radius 3 is 2.29 bits per heavy atom.